The van der Waals surface area contributed by atoms with Gasteiger partial charge in [0.15, 0.2) is 0 Å². The van der Waals surface area contributed by atoms with Crippen molar-refractivity contribution in [3.8, 4) is 0 Å². The summed E-state index contributed by atoms with van der Waals surface area (Å²) in [5.74, 6) is -1.07. The van der Waals surface area contributed by atoms with Crippen LogP contribution >= 0.6 is 0 Å². The Bertz CT molecular complexity index is 898. The first kappa shape index (κ1) is 15.4. The van der Waals surface area contributed by atoms with Gasteiger partial charge in [0, 0.05) is 12.1 Å². The number of anilines is 1. The van der Waals surface area contributed by atoms with Crippen molar-refractivity contribution in [1.29, 1.82) is 0 Å². The van der Waals surface area contributed by atoms with Crippen LogP contribution in [-0.4, -0.2) is 19.4 Å². The molecule has 1 atom stereocenters. The molecule has 0 fully saturated rings. The molecule has 0 unspecified atom stereocenters. The quantitative estimate of drug-likeness (QED) is 0.637. The van der Waals surface area contributed by atoms with Gasteiger partial charge in [-0.05, 0) is 37.1 Å². The third-order valence-corrected chi connectivity index (χ3v) is 5.74. The van der Waals surface area contributed by atoms with E-state index in [9.17, 15) is 22.9 Å². The molecule has 1 aliphatic rings. The molecule has 23 heavy (non-hydrogen) atoms. The number of hydrogen-bond acceptors (Lipinski definition) is 4. The van der Waals surface area contributed by atoms with Crippen molar-refractivity contribution in [2.45, 2.75) is 24.3 Å². The standard InChI is InChI=1S/C15H13FN2O4S/c1-10-8-11-4-2-3-5-14(11)17(10)23(21,22)12-6-7-13(16)15(9-12)18(19)20/h2-7,9-10H,8H2,1H3/t10-/m1/s1. The number of benzene rings is 2. The average Bonchev–Trinajstić information content (AvgIpc) is 2.83. The summed E-state index contributed by atoms with van der Waals surface area (Å²) < 4.78 is 40.4. The van der Waals surface area contributed by atoms with Gasteiger partial charge in [0.2, 0.25) is 5.82 Å². The molecule has 0 radical (unpaired) electrons. The SMILES string of the molecule is C[C@@H]1Cc2ccccc2N1S(=O)(=O)c1ccc(F)c([N+](=O)[O-])c1. The molecule has 2 aromatic rings. The van der Waals surface area contributed by atoms with E-state index in [0.29, 0.717) is 12.1 Å². The molecule has 0 saturated carbocycles. The lowest BCUT2D eigenvalue weighted by Crippen LogP contribution is -2.35. The van der Waals surface area contributed by atoms with Crippen LogP contribution in [0.5, 0.6) is 0 Å². The fraction of sp³-hybridized carbons (Fsp3) is 0.200. The highest BCUT2D eigenvalue weighted by molar-refractivity contribution is 7.92. The number of halogens is 1. The van der Waals surface area contributed by atoms with Crippen LogP contribution in [-0.2, 0) is 16.4 Å². The summed E-state index contributed by atoms with van der Waals surface area (Å²) in [5, 5.41) is 10.8. The zero-order chi connectivity index (χ0) is 16.8. The lowest BCUT2D eigenvalue weighted by atomic mass is 10.1. The molecular weight excluding hydrogens is 323 g/mol. The molecule has 120 valence electrons. The number of fused-ring (bicyclic) bond motifs is 1. The second-order valence-corrected chi connectivity index (χ2v) is 7.17. The topological polar surface area (TPSA) is 80.5 Å². The number of nitrogens with zero attached hydrogens (tertiary/aromatic N) is 2. The minimum Gasteiger partial charge on any atom is -0.263 e. The van der Waals surface area contributed by atoms with E-state index in [1.807, 2.05) is 12.1 Å². The van der Waals surface area contributed by atoms with Crippen LogP contribution in [0.2, 0.25) is 0 Å². The van der Waals surface area contributed by atoms with Crippen LogP contribution in [0.1, 0.15) is 12.5 Å². The highest BCUT2D eigenvalue weighted by Crippen LogP contribution is 2.37. The van der Waals surface area contributed by atoms with Gasteiger partial charge in [-0.2, -0.15) is 4.39 Å². The first-order chi connectivity index (χ1) is 10.8. The monoisotopic (exact) mass is 336 g/mol. The van der Waals surface area contributed by atoms with Crippen molar-refractivity contribution in [3.05, 3.63) is 64.0 Å². The van der Waals surface area contributed by atoms with E-state index in [2.05, 4.69) is 0 Å². The maximum atomic E-state index is 13.5. The predicted molar refractivity (Wildman–Crippen MR) is 82.3 cm³/mol. The second kappa shape index (κ2) is 5.31. The van der Waals surface area contributed by atoms with Crippen molar-refractivity contribution in [2.75, 3.05) is 4.31 Å². The number of hydrogen-bond donors (Lipinski definition) is 0. The Balaban J connectivity index is 2.13. The van der Waals surface area contributed by atoms with E-state index in [-0.39, 0.29) is 10.9 Å². The van der Waals surface area contributed by atoms with Crippen molar-refractivity contribution in [1.82, 2.24) is 0 Å². The Morgan fingerprint density at radius 1 is 1.26 bits per heavy atom. The third-order valence-electron chi connectivity index (χ3n) is 3.82. The van der Waals surface area contributed by atoms with Gasteiger partial charge in [-0.1, -0.05) is 18.2 Å². The lowest BCUT2D eigenvalue weighted by molar-refractivity contribution is -0.387. The summed E-state index contributed by atoms with van der Waals surface area (Å²) in [6.07, 6.45) is 0.554. The van der Waals surface area contributed by atoms with Crippen LogP contribution in [0.25, 0.3) is 0 Å². The van der Waals surface area contributed by atoms with Gasteiger partial charge < -0.3 is 0 Å². The summed E-state index contributed by atoms with van der Waals surface area (Å²) in [7, 11) is -4.01. The minimum absolute atomic E-state index is 0.297. The Morgan fingerprint density at radius 3 is 2.65 bits per heavy atom. The van der Waals surface area contributed by atoms with Crippen LogP contribution in [0.4, 0.5) is 15.8 Å². The van der Waals surface area contributed by atoms with Crippen molar-refractivity contribution in [2.24, 2.45) is 0 Å². The molecule has 3 rings (SSSR count). The van der Waals surface area contributed by atoms with Crippen LogP contribution in [0.15, 0.2) is 47.4 Å². The molecule has 6 nitrogen and oxygen atoms in total. The molecule has 2 aromatic carbocycles. The largest absolute Gasteiger partial charge is 0.306 e. The van der Waals surface area contributed by atoms with Crippen molar-refractivity contribution in [3.63, 3.8) is 0 Å². The van der Waals surface area contributed by atoms with Gasteiger partial charge in [0.1, 0.15) is 0 Å². The first-order valence-corrected chi connectivity index (χ1v) is 8.32. The van der Waals surface area contributed by atoms with E-state index >= 15 is 0 Å². The first-order valence-electron chi connectivity index (χ1n) is 6.88. The zero-order valence-electron chi connectivity index (χ0n) is 12.1. The number of para-hydroxylation sites is 1. The summed E-state index contributed by atoms with van der Waals surface area (Å²) in [5.41, 5.74) is 0.582. The van der Waals surface area contributed by atoms with Gasteiger partial charge in [0.25, 0.3) is 10.0 Å². The Morgan fingerprint density at radius 2 is 1.96 bits per heavy atom. The molecule has 0 aliphatic carbocycles. The average molecular weight is 336 g/mol. The van der Waals surface area contributed by atoms with Crippen LogP contribution in [0.3, 0.4) is 0 Å². The number of sulfonamides is 1. The molecule has 8 heteroatoms. The Kier molecular flexibility index (Phi) is 3.56. The van der Waals surface area contributed by atoms with Crippen molar-refractivity contribution < 1.29 is 17.7 Å². The summed E-state index contributed by atoms with van der Waals surface area (Å²) in [6, 6.07) is 9.38. The molecule has 0 aromatic heterocycles. The van der Waals surface area contributed by atoms with Gasteiger partial charge in [-0.3, -0.25) is 14.4 Å². The van der Waals surface area contributed by atoms with Gasteiger partial charge in [0.05, 0.1) is 15.5 Å². The van der Waals surface area contributed by atoms with E-state index in [1.54, 1.807) is 19.1 Å². The number of nitro groups is 1. The molecule has 1 aliphatic heterocycles. The van der Waals surface area contributed by atoms with Crippen LogP contribution in [0, 0.1) is 15.9 Å². The van der Waals surface area contributed by atoms with E-state index in [4.69, 9.17) is 0 Å². The minimum atomic E-state index is -4.01. The van der Waals surface area contributed by atoms with E-state index in [1.165, 1.54) is 4.31 Å². The second-order valence-electron chi connectivity index (χ2n) is 5.35. The van der Waals surface area contributed by atoms with E-state index in [0.717, 1.165) is 23.8 Å². The summed E-state index contributed by atoms with van der Waals surface area (Å²) in [6.45, 7) is 1.76. The fourth-order valence-electron chi connectivity index (χ4n) is 2.81. The molecule has 0 saturated heterocycles. The predicted octanol–water partition coefficient (Wildman–Crippen LogP) is 2.87. The molecular formula is C15H13FN2O4S. The maximum absolute atomic E-state index is 13.5. The fourth-order valence-corrected chi connectivity index (χ4v) is 4.52. The number of rotatable bonds is 3. The van der Waals surface area contributed by atoms with Gasteiger partial charge >= 0.3 is 5.69 Å². The number of nitro benzene ring substituents is 1. The summed E-state index contributed by atoms with van der Waals surface area (Å²) >= 11 is 0. The smallest absolute Gasteiger partial charge is 0.263 e. The third kappa shape index (κ3) is 2.44. The maximum Gasteiger partial charge on any atom is 0.306 e. The zero-order valence-corrected chi connectivity index (χ0v) is 13.0. The lowest BCUT2D eigenvalue weighted by Gasteiger charge is -2.24. The molecule has 0 spiro atoms. The molecule has 0 amide bonds. The highest BCUT2D eigenvalue weighted by atomic mass is 32.2. The Labute approximate surface area is 132 Å². The van der Waals surface area contributed by atoms with E-state index < -0.39 is 26.5 Å². The molecule has 0 bridgehead atoms. The molecule has 1 heterocycles. The van der Waals surface area contributed by atoms with Gasteiger partial charge in [-0.25, -0.2) is 8.42 Å². The Hall–Kier alpha value is -2.48. The van der Waals surface area contributed by atoms with Crippen LogP contribution < -0.4 is 4.31 Å². The van der Waals surface area contributed by atoms with Crippen molar-refractivity contribution >= 4 is 21.4 Å². The highest BCUT2D eigenvalue weighted by Gasteiger charge is 2.36. The summed E-state index contributed by atoms with van der Waals surface area (Å²) in [4.78, 5) is 9.61. The molecule has 0 N–H and O–H groups in total. The van der Waals surface area contributed by atoms with Gasteiger partial charge in [-0.15, -0.1) is 0 Å². The normalized spacial score (nSPS) is 17.1.